The number of nitrogens with two attached hydrogens (primary N) is 1. The molecule has 0 amide bonds. The van der Waals surface area contributed by atoms with Crippen LogP contribution in [-0.4, -0.2) is 33.7 Å². The second kappa shape index (κ2) is 5.82. The van der Waals surface area contributed by atoms with Crippen molar-refractivity contribution in [1.29, 1.82) is 0 Å². The van der Waals surface area contributed by atoms with Gasteiger partial charge in [0.2, 0.25) is 5.96 Å². The molecule has 112 valence electrons. The largest absolute Gasteiger partial charge is 0.459 e. The van der Waals surface area contributed by atoms with Gasteiger partial charge in [0.25, 0.3) is 0 Å². The van der Waals surface area contributed by atoms with E-state index in [1.165, 1.54) is 0 Å². The number of carbonyl (C=O) groups is 1. The molecule has 0 aliphatic rings. The van der Waals surface area contributed by atoms with Crippen LogP contribution in [0.1, 0.15) is 20.8 Å². The summed E-state index contributed by atoms with van der Waals surface area (Å²) in [6, 6.07) is 3.75. The van der Waals surface area contributed by atoms with Gasteiger partial charge in [-0.15, -0.1) is 0 Å². The van der Waals surface area contributed by atoms with E-state index in [0.29, 0.717) is 0 Å². The highest BCUT2D eigenvalue weighted by molar-refractivity contribution is 5.90. The predicted octanol–water partition coefficient (Wildman–Crippen LogP) is 1.24. The van der Waals surface area contributed by atoms with Crippen molar-refractivity contribution in [2.45, 2.75) is 26.4 Å². The van der Waals surface area contributed by atoms with Gasteiger partial charge >= 0.3 is 5.97 Å². The average Bonchev–Trinajstić information content (AvgIpc) is 2.78. The number of nitrogens with zero attached hydrogens (tertiary/aromatic N) is 3. The van der Waals surface area contributed by atoms with E-state index >= 15 is 0 Å². The molecule has 0 aliphatic heterocycles. The van der Waals surface area contributed by atoms with Crippen LogP contribution in [0.3, 0.4) is 0 Å². The number of rotatable bonds is 3. The Morgan fingerprint density at radius 2 is 2.24 bits per heavy atom. The van der Waals surface area contributed by atoms with E-state index in [-0.39, 0.29) is 12.5 Å². The molecule has 7 heteroatoms. The topological polar surface area (TPSA) is 94.5 Å². The molecule has 0 saturated heterocycles. The summed E-state index contributed by atoms with van der Waals surface area (Å²) in [5.41, 5.74) is 9.04. The maximum Gasteiger partial charge on any atom is 0.328 e. The van der Waals surface area contributed by atoms with Crippen LogP contribution in [0.15, 0.2) is 35.7 Å². The average molecular weight is 289 g/mol. The number of guanidine groups is 1. The Balaban J connectivity index is 1.99. The first kappa shape index (κ1) is 14.8. The summed E-state index contributed by atoms with van der Waals surface area (Å²) in [6.45, 7) is 5.28. The zero-order valence-corrected chi connectivity index (χ0v) is 12.3. The maximum absolute atomic E-state index is 11.6. The van der Waals surface area contributed by atoms with Gasteiger partial charge in [0, 0.05) is 24.0 Å². The van der Waals surface area contributed by atoms with Crippen molar-refractivity contribution in [1.82, 2.24) is 9.66 Å². The smallest absolute Gasteiger partial charge is 0.328 e. The second-order valence-electron chi connectivity index (χ2n) is 5.52. The molecule has 3 N–H and O–H groups in total. The minimum atomic E-state index is -0.529. The Bertz CT molecular complexity index is 669. The summed E-state index contributed by atoms with van der Waals surface area (Å²) in [4.78, 5) is 19.5. The second-order valence-corrected chi connectivity index (χ2v) is 5.52. The molecular formula is C14H19N5O2. The van der Waals surface area contributed by atoms with E-state index in [1.807, 2.05) is 18.3 Å². The fourth-order valence-corrected chi connectivity index (χ4v) is 1.76. The highest BCUT2D eigenvalue weighted by Crippen LogP contribution is 2.11. The number of nitrogens with one attached hydrogen (secondary N) is 1. The number of esters is 1. The highest BCUT2D eigenvalue weighted by atomic mass is 16.6. The number of carbonyl (C=O) groups excluding carboxylic acids is 1. The fraction of sp³-hybridized carbons (Fsp3) is 0.357. The molecule has 2 aromatic rings. The number of pyridine rings is 1. The molecule has 0 spiro atoms. The van der Waals surface area contributed by atoms with Crippen LogP contribution in [0.25, 0.3) is 10.9 Å². The van der Waals surface area contributed by atoms with Gasteiger partial charge in [-0.05, 0) is 32.9 Å². The molecule has 0 atom stereocenters. The van der Waals surface area contributed by atoms with Crippen molar-refractivity contribution in [3.8, 4) is 0 Å². The number of fused-ring (bicyclic) bond motifs is 1. The fourth-order valence-electron chi connectivity index (χ4n) is 1.76. The van der Waals surface area contributed by atoms with E-state index in [2.05, 4.69) is 15.4 Å². The van der Waals surface area contributed by atoms with Gasteiger partial charge < -0.3 is 10.5 Å². The third-order valence-corrected chi connectivity index (χ3v) is 2.52. The Labute approximate surface area is 122 Å². The molecule has 2 rings (SSSR count). The van der Waals surface area contributed by atoms with Crippen LogP contribution in [0.5, 0.6) is 0 Å². The molecule has 0 saturated carbocycles. The predicted molar refractivity (Wildman–Crippen MR) is 81.4 cm³/mol. The van der Waals surface area contributed by atoms with E-state index in [9.17, 15) is 4.79 Å². The summed E-state index contributed by atoms with van der Waals surface area (Å²) < 4.78 is 6.86. The molecule has 0 radical (unpaired) electrons. The number of aliphatic imine (C=N–C) groups is 1. The monoisotopic (exact) mass is 289 g/mol. The van der Waals surface area contributed by atoms with Crippen LogP contribution >= 0.6 is 0 Å². The van der Waals surface area contributed by atoms with Crippen LogP contribution < -0.4 is 11.2 Å². The third kappa shape index (κ3) is 4.20. The van der Waals surface area contributed by atoms with Crippen LogP contribution in [0.2, 0.25) is 0 Å². The number of hydrogen-bond acceptors (Lipinski definition) is 4. The van der Waals surface area contributed by atoms with Gasteiger partial charge in [-0.25, -0.2) is 4.99 Å². The lowest BCUT2D eigenvalue weighted by Crippen LogP contribution is -2.31. The Hall–Kier alpha value is -2.57. The summed E-state index contributed by atoms with van der Waals surface area (Å²) in [5, 5.41) is 0.977. The van der Waals surface area contributed by atoms with E-state index < -0.39 is 11.6 Å². The molecule has 7 nitrogen and oxygen atoms in total. The lowest BCUT2D eigenvalue weighted by Gasteiger charge is -2.18. The maximum atomic E-state index is 11.6. The van der Waals surface area contributed by atoms with Crippen LogP contribution in [0.4, 0.5) is 0 Å². The summed E-state index contributed by atoms with van der Waals surface area (Å²) >= 11 is 0. The highest BCUT2D eigenvalue weighted by Gasteiger charge is 2.15. The van der Waals surface area contributed by atoms with Crippen molar-refractivity contribution in [3.63, 3.8) is 0 Å². The first-order valence-corrected chi connectivity index (χ1v) is 6.55. The number of aromatic nitrogens is 2. The van der Waals surface area contributed by atoms with Gasteiger partial charge in [-0.2, -0.15) is 0 Å². The number of hydrogen-bond donors (Lipinski definition) is 2. The summed E-state index contributed by atoms with van der Waals surface area (Å²) in [5.74, 6) is -0.288. The van der Waals surface area contributed by atoms with Gasteiger partial charge in [0.1, 0.15) is 12.1 Å². The minimum absolute atomic E-state index is 0.128. The molecule has 0 aromatic carbocycles. The van der Waals surface area contributed by atoms with Crippen molar-refractivity contribution in [3.05, 3.63) is 30.7 Å². The first-order valence-electron chi connectivity index (χ1n) is 6.55. The molecule has 2 heterocycles. The molecule has 0 fully saturated rings. The van der Waals surface area contributed by atoms with Crippen molar-refractivity contribution < 1.29 is 9.53 Å². The molecule has 0 bridgehead atoms. The van der Waals surface area contributed by atoms with E-state index in [4.69, 9.17) is 10.5 Å². The van der Waals surface area contributed by atoms with Crippen LogP contribution in [0, 0.1) is 0 Å². The van der Waals surface area contributed by atoms with Crippen LogP contribution in [-0.2, 0) is 9.53 Å². The molecular weight excluding hydrogens is 270 g/mol. The van der Waals surface area contributed by atoms with Crippen molar-refractivity contribution >= 4 is 22.8 Å². The van der Waals surface area contributed by atoms with Gasteiger partial charge in [0.05, 0.1) is 5.52 Å². The van der Waals surface area contributed by atoms with Crippen molar-refractivity contribution in [2.75, 3.05) is 12.0 Å². The third-order valence-electron chi connectivity index (χ3n) is 2.52. The van der Waals surface area contributed by atoms with Gasteiger partial charge in [-0.3, -0.25) is 19.9 Å². The summed E-state index contributed by atoms with van der Waals surface area (Å²) in [7, 11) is 0. The van der Waals surface area contributed by atoms with Crippen molar-refractivity contribution in [2.24, 2.45) is 10.7 Å². The van der Waals surface area contributed by atoms with Gasteiger partial charge in [0.15, 0.2) is 0 Å². The zero-order valence-electron chi connectivity index (χ0n) is 12.3. The zero-order chi connectivity index (χ0) is 15.5. The SMILES string of the molecule is CC(C)(C)OC(=O)CN=C(N)Nn1ccc2cnccc21. The molecule has 0 unspecified atom stereocenters. The molecule has 2 aromatic heterocycles. The summed E-state index contributed by atoms with van der Waals surface area (Å²) in [6.07, 6.45) is 5.25. The lowest BCUT2D eigenvalue weighted by atomic mass is 10.2. The number of ether oxygens (including phenoxy) is 1. The normalized spacial score (nSPS) is 12.4. The van der Waals surface area contributed by atoms with E-state index in [1.54, 1.807) is 37.8 Å². The lowest BCUT2D eigenvalue weighted by molar-refractivity contribution is -0.152. The Kier molecular flexibility index (Phi) is 4.11. The van der Waals surface area contributed by atoms with Gasteiger partial charge in [-0.1, -0.05) is 0 Å². The molecule has 21 heavy (non-hydrogen) atoms. The first-order chi connectivity index (χ1) is 9.85. The minimum Gasteiger partial charge on any atom is -0.459 e. The Morgan fingerprint density at radius 3 is 2.95 bits per heavy atom. The standard InChI is InChI=1S/C14H19N5O2/c1-14(2,3)21-12(20)9-17-13(15)18-19-7-5-10-8-16-6-4-11(10)19/h4-8H,9H2,1-3H3,(H3,15,17,18). The molecule has 0 aliphatic carbocycles. The quantitative estimate of drug-likeness (QED) is 0.503. The Morgan fingerprint density at radius 1 is 1.48 bits per heavy atom. The van der Waals surface area contributed by atoms with E-state index in [0.717, 1.165) is 10.9 Å².